The summed E-state index contributed by atoms with van der Waals surface area (Å²) in [6.07, 6.45) is 3.63. The van der Waals surface area contributed by atoms with Gasteiger partial charge in [-0.05, 0) is 42.4 Å². The summed E-state index contributed by atoms with van der Waals surface area (Å²) < 4.78 is 5.60. The van der Waals surface area contributed by atoms with E-state index in [2.05, 4.69) is 12.3 Å². The zero-order chi connectivity index (χ0) is 10.7. The Hall–Kier alpha value is -0.670. The number of benzene rings is 1. The predicted octanol–water partition coefficient (Wildman–Crippen LogP) is 2.41. The molecule has 0 heterocycles. The van der Waals surface area contributed by atoms with Crippen molar-refractivity contribution in [2.45, 2.75) is 18.9 Å². The molecule has 3 heteroatoms. The number of aryl methyl sites for hydroxylation is 1. The smallest absolute Gasteiger partial charge is 0.119 e. The Bertz CT molecular complexity index is 338. The van der Waals surface area contributed by atoms with E-state index in [1.54, 1.807) is 11.8 Å². The molecule has 0 saturated carbocycles. The molecule has 1 N–H and O–H groups in total. The maximum atomic E-state index is 9.64. The van der Waals surface area contributed by atoms with Gasteiger partial charge in [0.15, 0.2) is 0 Å². The Morgan fingerprint density at radius 1 is 1.53 bits per heavy atom. The molecule has 0 unspecified atom stereocenters. The van der Waals surface area contributed by atoms with Crippen LogP contribution >= 0.6 is 11.8 Å². The van der Waals surface area contributed by atoms with E-state index in [1.807, 2.05) is 12.1 Å². The van der Waals surface area contributed by atoms with Crippen LogP contribution in [0.3, 0.4) is 0 Å². The number of rotatable bonds is 4. The molecule has 1 aromatic carbocycles. The molecule has 1 aliphatic carbocycles. The van der Waals surface area contributed by atoms with Gasteiger partial charge >= 0.3 is 0 Å². The molecule has 0 aromatic heterocycles. The molecular weight excluding hydrogens is 208 g/mol. The van der Waals surface area contributed by atoms with Gasteiger partial charge in [-0.1, -0.05) is 6.07 Å². The number of ether oxygens (including phenoxy) is 1. The van der Waals surface area contributed by atoms with Gasteiger partial charge < -0.3 is 9.84 Å². The standard InChI is InChI=1S/C12H16O2S/c1-15-7-6-14-10-3-4-11-9(8-10)2-5-12(11)13/h3-4,8,12-13H,2,5-7H2,1H3/t12-/m0/s1. The molecule has 0 saturated heterocycles. The monoisotopic (exact) mass is 224 g/mol. The Morgan fingerprint density at radius 2 is 2.40 bits per heavy atom. The van der Waals surface area contributed by atoms with Crippen molar-refractivity contribution in [1.29, 1.82) is 0 Å². The van der Waals surface area contributed by atoms with E-state index in [4.69, 9.17) is 4.74 Å². The van der Waals surface area contributed by atoms with E-state index in [9.17, 15) is 5.11 Å². The van der Waals surface area contributed by atoms with Crippen LogP contribution in [-0.4, -0.2) is 23.7 Å². The highest BCUT2D eigenvalue weighted by atomic mass is 32.2. The van der Waals surface area contributed by atoms with Gasteiger partial charge in [-0.15, -0.1) is 0 Å². The molecule has 0 spiro atoms. The van der Waals surface area contributed by atoms with Crippen LogP contribution in [0.1, 0.15) is 23.7 Å². The number of aliphatic hydroxyl groups excluding tert-OH is 1. The number of fused-ring (bicyclic) bond motifs is 1. The molecule has 0 fully saturated rings. The molecule has 1 atom stereocenters. The van der Waals surface area contributed by atoms with Crippen LogP contribution in [0.2, 0.25) is 0 Å². The van der Waals surface area contributed by atoms with Crippen LogP contribution in [0.4, 0.5) is 0 Å². The van der Waals surface area contributed by atoms with Crippen molar-refractivity contribution in [2.24, 2.45) is 0 Å². The Labute approximate surface area is 94.6 Å². The lowest BCUT2D eigenvalue weighted by molar-refractivity contribution is 0.180. The minimum atomic E-state index is -0.264. The average Bonchev–Trinajstić information content (AvgIpc) is 2.61. The first-order valence-corrected chi connectivity index (χ1v) is 6.63. The van der Waals surface area contributed by atoms with Gasteiger partial charge in [-0.25, -0.2) is 0 Å². The number of hydrogen-bond donors (Lipinski definition) is 1. The van der Waals surface area contributed by atoms with Gasteiger partial charge in [0.2, 0.25) is 0 Å². The summed E-state index contributed by atoms with van der Waals surface area (Å²) in [5.41, 5.74) is 2.32. The second kappa shape index (κ2) is 4.90. The molecule has 0 aliphatic heterocycles. The van der Waals surface area contributed by atoms with E-state index in [0.717, 1.165) is 36.5 Å². The Balaban J connectivity index is 2.03. The normalized spacial score (nSPS) is 18.9. The molecule has 82 valence electrons. The molecule has 1 aliphatic rings. The SMILES string of the molecule is CSCCOc1ccc2c(c1)CC[C@@H]2O. The van der Waals surface area contributed by atoms with Crippen LogP contribution in [0.15, 0.2) is 18.2 Å². The molecule has 2 nitrogen and oxygen atoms in total. The Morgan fingerprint density at radius 3 is 3.20 bits per heavy atom. The zero-order valence-electron chi connectivity index (χ0n) is 8.90. The van der Waals surface area contributed by atoms with Crippen LogP contribution in [0, 0.1) is 0 Å². The highest BCUT2D eigenvalue weighted by Gasteiger charge is 2.20. The predicted molar refractivity (Wildman–Crippen MR) is 63.6 cm³/mol. The summed E-state index contributed by atoms with van der Waals surface area (Å²) in [4.78, 5) is 0. The largest absolute Gasteiger partial charge is 0.493 e. The molecule has 0 amide bonds. The lowest BCUT2D eigenvalue weighted by atomic mass is 10.1. The van der Waals surface area contributed by atoms with E-state index in [1.165, 1.54) is 5.56 Å². The summed E-state index contributed by atoms with van der Waals surface area (Å²) in [5, 5.41) is 9.64. The van der Waals surface area contributed by atoms with Crippen molar-refractivity contribution in [3.8, 4) is 5.75 Å². The van der Waals surface area contributed by atoms with Crippen molar-refractivity contribution in [3.63, 3.8) is 0 Å². The summed E-state index contributed by atoms with van der Waals surface area (Å²) in [6, 6.07) is 6.00. The lowest BCUT2D eigenvalue weighted by Gasteiger charge is -2.08. The highest BCUT2D eigenvalue weighted by molar-refractivity contribution is 7.98. The molecule has 0 radical (unpaired) electrons. The van der Waals surface area contributed by atoms with E-state index < -0.39 is 0 Å². The maximum absolute atomic E-state index is 9.64. The Kier molecular flexibility index (Phi) is 3.54. The van der Waals surface area contributed by atoms with Gasteiger partial charge in [0.1, 0.15) is 5.75 Å². The fourth-order valence-electron chi connectivity index (χ4n) is 1.90. The van der Waals surface area contributed by atoms with Gasteiger partial charge in [0.25, 0.3) is 0 Å². The molecule has 1 aromatic rings. The number of aliphatic hydroxyl groups is 1. The maximum Gasteiger partial charge on any atom is 0.119 e. The second-order valence-corrected chi connectivity index (χ2v) is 4.74. The molecule has 15 heavy (non-hydrogen) atoms. The topological polar surface area (TPSA) is 29.5 Å². The summed E-state index contributed by atoms with van der Waals surface area (Å²) in [6.45, 7) is 0.752. The number of hydrogen-bond acceptors (Lipinski definition) is 3. The van der Waals surface area contributed by atoms with Gasteiger partial charge in [-0.3, -0.25) is 0 Å². The summed E-state index contributed by atoms with van der Waals surface area (Å²) in [5.74, 6) is 1.94. The van der Waals surface area contributed by atoms with Crippen molar-refractivity contribution >= 4 is 11.8 Å². The molecule has 2 rings (SSSR count). The van der Waals surface area contributed by atoms with Crippen molar-refractivity contribution in [1.82, 2.24) is 0 Å². The second-order valence-electron chi connectivity index (χ2n) is 3.76. The highest BCUT2D eigenvalue weighted by Crippen LogP contribution is 2.33. The zero-order valence-corrected chi connectivity index (χ0v) is 9.72. The quantitative estimate of drug-likeness (QED) is 0.796. The van der Waals surface area contributed by atoms with Crippen LogP contribution in [0.25, 0.3) is 0 Å². The van der Waals surface area contributed by atoms with E-state index >= 15 is 0 Å². The average molecular weight is 224 g/mol. The third-order valence-corrected chi connectivity index (χ3v) is 3.29. The third kappa shape index (κ3) is 2.47. The van der Waals surface area contributed by atoms with Gasteiger partial charge in [0.05, 0.1) is 12.7 Å². The van der Waals surface area contributed by atoms with Gasteiger partial charge in [-0.2, -0.15) is 11.8 Å². The summed E-state index contributed by atoms with van der Waals surface area (Å²) >= 11 is 1.78. The first-order valence-electron chi connectivity index (χ1n) is 5.24. The van der Waals surface area contributed by atoms with Gasteiger partial charge in [0, 0.05) is 5.75 Å². The van der Waals surface area contributed by atoms with Crippen molar-refractivity contribution in [2.75, 3.05) is 18.6 Å². The molecular formula is C12H16O2S. The minimum Gasteiger partial charge on any atom is -0.493 e. The first kappa shape index (κ1) is 10.8. The fraction of sp³-hybridized carbons (Fsp3) is 0.500. The first-order chi connectivity index (χ1) is 7.31. The van der Waals surface area contributed by atoms with Crippen molar-refractivity contribution in [3.05, 3.63) is 29.3 Å². The van der Waals surface area contributed by atoms with Crippen LogP contribution in [0.5, 0.6) is 5.75 Å². The fourth-order valence-corrected chi connectivity index (χ4v) is 2.15. The minimum absolute atomic E-state index is 0.264. The van der Waals surface area contributed by atoms with E-state index in [-0.39, 0.29) is 6.10 Å². The lowest BCUT2D eigenvalue weighted by Crippen LogP contribution is -2.00. The van der Waals surface area contributed by atoms with E-state index in [0.29, 0.717) is 0 Å². The van der Waals surface area contributed by atoms with Crippen LogP contribution < -0.4 is 4.74 Å². The van der Waals surface area contributed by atoms with Crippen LogP contribution in [-0.2, 0) is 6.42 Å². The number of thioether (sulfide) groups is 1. The summed E-state index contributed by atoms with van der Waals surface area (Å²) in [7, 11) is 0. The molecule has 0 bridgehead atoms. The van der Waals surface area contributed by atoms with Crippen molar-refractivity contribution < 1.29 is 9.84 Å². The third-order valence-electron chi connectivity index (χ3n) is 2.72.